The van der Waals surface area contributed by atoms with Crippen LogP contribution in [0.2, 0.25) is 0 Å². The fourth-order valence-corrected chi connectivity index (χ4v) is 2.55. The van der Waals surface area contributed by atoms with E-state index in [1.54, 1.807) is 14.2 Å². The van der Waals surface area contributed by atoms with Crippen molar-refractivity contribution in [3.05, 3.63) is 48.0 Å². The highest BCUT2D eigenvalue weighted by molar-refractivity contribution is 5.91. The van der Waals surface area contributed by atoms with Crippen LogP contribution in [0.3, 0.4) is 0 Å². The lowest BCUT2D eigenvalue weighted by Gasteiger charge is -2.13. The SMILES string of the molecule is COc1ccc(CNc2nc(NCCO)nc3ccc(OC)cc23)cc1. The second-order valence-electron chi connectivity index (χ2n) is 5.63. The fourth-order valence-electron chi connectivity index (χ4n) is 2.55. The van der Waals surface area contributed by atoms with Crippen LogP contribution < -0.4 is 20.1 Å². The van der Waals surface area contributed by atoms with E-state index < -0.39 is 0 Å². The van der Waals surface area contributed by atoms with Crippen LogP contribution >= 0.6 is 0 Å². The van der Waals surface area contributed by atoms with Crippen molar-refractivity contribution in [2.24, 2.45) is 0 Å². The molecule has 3 aromatic rings. The van der Waals surface area contributed by atoms with Gasteiger partial charge in [0, 0.05) is 18.5 Å². The number of nitrogens with zero attached hydrogens (tertiary/aromatic N) is 2. The van der Waals surface area contributed by atoms with Gasteiger partial charge in [-0.3, -0.25) is 0 Å². The molecule has 2 aromatic carbocycles. The highest BCUT2D eigenvalue weighted by Gasteiger charge is 2.09. The zero-order valence-corrected chi connectivity index (χ0v) is 14.8. The van der Waals surface area contributed by atoms with Crippen LogP contribution in [0, 0.1) is 0 Å². The first-order valence-electron chi connectivity index (χ1n) is 8.31. The maximum Gasteiger partial charge on any atom is 0.225 e. The zero-order chi connectivity index (χ0) is 18.4. The van der Waals surface area contributed by atoms with Gasteiger partial charge in [-0.25, -0.2) is 4.98 Å². The summed E-state index contributed by atoms with van der Waals surface area (Å²) in [6.45, 7) is 1.00. The Morgan fingerprint density at radius 3 is 2.35 bits per heavy atom. The molecule has 0 spiro atoms. The Hall–Kier alpha value is -3.06. The molecule has 7 heteroatoms. The van der Waals surface area contributed by atoms with E-state index in [0.29, 0.717) is 24.9 Å². The van der Waals surface area contributed by atoms with Gasteiger partial charge < -0.3 is 25.2 Å². The lowest BCUT2D eigenvalue weighted by atomic mass is 10.2. The minimum atomic E-state index is 0.0125. The Morgan fingerprint density at radius 1 is 0.923 bits per heavy atom. The lowest BCUT2D eigenvalue weighted by molar-refractivity contribution is 0.311. The van der Waals surface area contributed by atoms with Crippen molar-refractivity contribution in [1.82, 2.24) is 9.97 Å². The Balaban J connectivity index is 1.89. The van der Waals surface area contributed by atoms with Gasteiger partial charge in [-0.1, -0.05) is 12.1 Å². The van der Waals surface area contributed by atoms with Gasteiger partial charge in [-0.05, 0) is 35.9 Å². The summed E-state index contributed by atoms with van der Waals surface area (Å²) in [7, 11) is 3.28. The van der Waals surface area contributed by atoms with Crippen molar-refractivity contribution < 1.29 is 14.6 Å². The molecule has 0 aliphatic heterocycles. The maximum atomic E-state index is 9.01. The van der Waals surface area contributed by atoms with Crippen LogP contribution in [0.5, 0.6) is 11.5 Å². The molecule has 0 saturated carbocycles. The van der Waals surface area contributed by atoms with Crippen LogP contribution in [0.4, 0.5) is 11.8 Å². The number of aliphatic hydroxyl groups excluding tert-OH is 1. The molecule has 3 rings (SSSR count). The Morgan fingerprint density at radius 2 is 1.65 bits per heavy atom. The summed E-state index contributed by atoms with van der Waals surface area (Å²) >= 11 is 0. The van der Waals surface area contributed by atoms with Gasteiger partial charge in [-0.15, -0.1) is 0 Å². The Bertz CT molecular complexity index is 869. The smallest absolute Gasteiger partial charge is 0.225 e. The maximum absolute atomic E-state index is 9.01. The molecule has 3 N–H and O–H groups in total. The van der Waals surface area contributed by atoms with E-state index in [1.165, 1.54) is 0 Å². The normalized spacial score (nSPS) is 10.6. The number of fused-ring (bicyclic) bond motifs is 1. The third kappa shape index (κ3) is 4.12. The number of nitrogens with one attached hydrogen (secondary N) is 2. The predicted molar refractivity (Wildman–Crippen MR) is 102 cm³/mol. The summed E-state index contributed by atoms with van der Waals surface area (Å²) in [5.74, 6) is 2.73. The second kappa shape index (κ2) is 8.35. The first-order valence-corrected chi connectivity index (χ1v) is 8.31. The van der Waals surface area contributed by atoms with Gasteiger partial charge in [0.05, 0.1) is 26.3 Å². The minimum absolute atomic E-state index is 0.0125. The summed E-state index contributed by atoms with van der Waals surface area (Å²) in [6.07, 6.45) is 0. The summed E-state index contributed by atoms with van der Waals surface area (Å²) in [5.41, 5.74) is 1.89. The number of anilines is 2. The number of hydrogen-bond donors (Lipinski definition) is 3. The van der Waals surface area contributed by atoms with Gasteiger partial charge in [-0.2, -0.15) is 4.98 Å². The van der Waals surface area contributed by atoms with E-state index in [1.807, 2.05) is 42.5 Å². The molecule has 0 unspecified atom stereocenters. The van der Waals surface area contributed by atoms with Crippen molar-refractivity contribution in [2.45, 2.75) is 6.54 Å². The fraction of sp³-hybridized carbons (Fsp3) is 0.263. The van der Waals surface area contributed by atoms with Gasteiger partial charge in [0.2, 0.25) is 5.95 Å². The first kappa shape index (κ1) is 17.8. The van der Waals surface area contributed by atoms with Crippen LogP contribution in [-0.2, 0) is 6.54 Å². The molecule has 7 nitrogen and oxygen atoms in total. The number of methoxy groups -OCH3 is 2. The molecule has 0 atom stereocenters. The third-order valence-electron chi connectivity index (χ3n) is 3.92. The zero-order valence-electron chi connectivity index (χ0n) is 14.8. The molecule has 0 bridgehead atoms. The Labute approximate surface area is 152 Å². The van der Waals surface area contributed by atoms with Crippen LogP contribution in [-0.4, -0.2) is 42.4 Å². The minimum Gasteiger partial charge on any atom is -0.497 e. The highest BCUT2D eigenvalue weighted by atomic mass is 16.5. The Kier molecular flexibility index (Phi) is 5.70. The molecule has 0 aliphatic rings. The number of aliphatic hydroxyl groups is 1. The average molecular weight is 354 g/mol. The van der Waals surface area contributed by atoms with Crippen molar-refractivity contribution >= 4 is 22.7 Å². The van der Waals surface area contributed by atoms with Crippen LogP contribution in [0.1, 0.15) is 5.56 Å². The van der Waals surface area contributed by atoms with Crippen LogP contribution in [0.15, 0.2) is 42.5 Å². The number of aromatic nitrogens is 2. The van der Waals surface area contributed by atoms with Gasteiger partial charge in [0.1, 0.15) is 17.3 Å². The van der Waals surface area contributed by atoms with Gasteiger partial charge in [0.15, 0.2) is 0 Å². The standard InChI is InChI=1S/C19H22N4O3/c1-25-14-5-3-13(4-6-14)12-21-18-16-11-15(26-2)7-8-17(16)22-19(23-18)20-9-10-24/h3-8,11,24H,9-10,12H2,1-2H3,(H2,20,21,22,23). The molecule has 0 radical (unpaired) electrons. The molecule has 0 saturated heterocycles. The molecule has 26 heavy (non-hydrogen) atoms. The summed E-state index contributed by atoms with van der Waals surface area (Å²) in [5, 5.41) is 16.2. The van der Waals surface area contributed by atoms with E-state index in [2.05, 4.69) is 20.6 Å². The third-order valence-corrected chi connectivity index (χ3v) is 3.92. The molecule has 1 aromatic heterocycles. The quantitative estimate of drug-likeness (QED) is 0.573. The van der Waals surface area contributed by atoms with Crippen molar-refractivity contribution in [3.8, 4) is 11.5 Å². The van der Waals surface area contributed by atoms with Crippen molar-refractivity contribution in [2.75, 3.05) is 38.0 Å². The molecule has 0 fully saturated rings. The van der Waals surface area contributed by atoms with E-state index in [0.717, 1.165) is 28.0 Å². The molecule has 0 amide bonds. The predicted octanol–water partition coefficient (Wildman–Crippen LogP) is 2.66. The highest BCUT2D eigenvalue weighted by Crippen LogP contribution is 2.27. The summed E-state index contributed by atoms with van der Waals surface area (Å²) < 4.78 is 10.5. The summed E-state index contributed by atoms with van der Waals surface area (Å²) in [4.78, 5) is 9.02. The van der Waals surface area contributed by atoms with E-state index in [9.17, 15) is 0 Å². The van der Waals surface area contributed by atoms with Crippen molar-refractivity contribution in [1.29, 1.82) is 0 Å². The molecule has 136 valence electrons. The first-order chi connectivity index (χ1) is 12.7. The monoisotopic (exact) mass is 354 g/mol. The van der Waals surface area contributed by atoms with Gasteiger partial charge in [0.25, 0.3) is 0 Å². The number of hydrogen-bond acceptors (Lipinski definition) is 7. The average Bonchev–Trinajstić information content (AvgIpc) is 2.70. The summed E-state index contributed by atoms with van der Waals surface area (Å²) in [6, 6.07) is 13.5. The van der Waals surface area contributed by atoms with Crippen molar-refractivity contribution in [3.63, 3.8) is 0 Å². The second-order valence-corrected chi connectivity index (χ2v) is 5.63. The number of ether oxygens (including phenoxy) is 2. The topological polar surface area (TPSA) is 88.5 Å². The molecule has 1 heterocycles. The largest absolute Gasteiger partial charge is 0.497 e. The van der Waals surface area contributed by atoms with Crippen LogP contribution in [0.25, 0.3) is 10.9 Å². The van der Waals surface area contributed by atoms with E-state index in [4.69, 9.17) is 14.6 Å². The number of rotatable bonds is 8. The van der Waals surface area contributed by atoms with E-state index in [-0.39, 0.29) is 6.61 Å². The molecule has 0 aliphatic carbocycles. The molecular weight excluding hydrogens is 332 g/mol. The lowest BCUT2D eigenvalue weighted by Crippen LogP contribution is -2.11. The van der Waals surface area contributed by atoms with Gasteiger partial charge >= 0.3 is 0 Å². The van der Waals surface area contributed by atoms with E-state index >= 15 is 0 Å². The number of benzene rings is 2. The molecular formula is C19H22N4O3.